The van der Waals surface area contributed by atoms with Crippen LogP contribution in [0.3, 0.4) is 0 Å². The fraction of sp³-hybridized carbons (Fsp3) is 0.200. The van der Waals surface area contributed by atoms with Crippen LogP contribution in [-0.2, 0) is 16.1 Å². The normalized spacial score (nSPS) is 9.50. The summed E-state index contributed by atoms with van der Waals surface area (Å²) in [5, 5.41) is 10.6. The Morgan fingerprint density at radius 2 is 2.14 bits per heavy atom. The first-order chi connectivity index (χ1) is 6.59. The third-order valence-corrected chi connectivity index (χ3v) is 1.73. The van der Waals surface area contributed by atoms with Gasteiger partial charge in [-0.25, -0.2) is 4.79 Å². The smallest absolute Gasteiger partial charge is 0.394 e. The van der Waals surface area contributed by atoms with E-state index in [-0.39, 0.29) is 6.54 Å². The summed E-state index contributed by atoms with van der Waals surface area (Å²) in [5.41, 5.74) is 1.96. The van der Waals surface area contributed by atoms with Gasteiger partial charge in [0.15, 0.2) is 0 Å². The molecular weight excluding hydrogens is 182 g/mol. The lowest BCUT2D eigenvalue weighted by molar-refractivity contribution is -0.150. The summed E-state index contributed by atoms with van der Waals surface area (Å²) in [6.07, 6.45) is 0. The van der Waals surface area contributed by atoms with Crippen LogP contribution >= 0.6 is 0 Å². The van der Waals surface area contributed by atoms with Crippen molar-refractivity contribution in [2.24, 2.45) is 0 Å². The number of hydrogen-bond acceptors (Lipinski definition) is 2. The first-order valence-electron chi connectivity index (χ1n) is 4.16. The summed E-state index contributed by atoms with van der Waals surface area (Å²) in [7, 11) is 0. The van der Waals surface area contributed by atoms with Crippen LogP contribution in [0.1, 0.15) is 11.1 Å². The Bertz CT molecular complexity index is 360. The van der Waals surface area contributed by atoms with E-state index in [1.807, 2.05) is 31.2 Å². The van der Waals surface area contributed by atoms with Gasteiger partial charge >= 0.3 is 11.9 Å². The first-order valence-corrected chi connectivity index (χ1v) is 4.16. The van der Waals surface area contributed by atoms with Crippen LogP contribution in [0.4, 0.5) is 0 Å². The standard InChI is InChI=1S/C10H11NO3/c1-7-3-2-4-8(5-7)6-11-9(12)10(13)14/h2-5H,6H2,1H3,(H,11,12)(H,13,14). The minimum Gasteiger partial charge on any atom is -0.474 e. The fourth-order valence-electron chi connectivity index (χ4n) is 1.08. The molecule has 0 saturated carbocycles. The number of hydrogen-bond donors (Lipinski definition) is 2. The van der Waals surface area contributed by atoms with Crippen molar-refractivity contribution in [2.75, 3.05) is 0 Å². The molecule has 0 spiro atoms. The second-order valence-electron chi connectivity index (χ2n) is 2.98. The van der Waals surface area contributed by atoms with Crippen molar-refractivity contribution in [3.05, 3.63) is 35.4 Å². The number of benzene rings is 1. The van der Waals surface area contributed by atoms with E-state index in [4.69, 9.17) is 5.11 Å². The lowest BCUT2D eigenvalue weighted by Gasteiger charge is -2.02. The average molecular weight is 193 g/mol. The Labute approximate surface area is 81.6 Å². The molecule has 2 N–H and O–H groups in total. The zero-order valence-corrected chi connectivity index (χ0v) is 7.78. The lowest BCUT2D eigenvalue weighted by atomic mass is 10.1. The highest BCUT2D eigenvalue weighted by Crippen LogP contribution is 2.02. The van der Waals surface area contributed by atoms with Gasteiger partial charge < -0.3 is 10.4 Å². The predicted octanol–water partition coefficient (Wildman–Crippen LogP) is 0.696. The Morgan fingerprint density at radius 1 is 1.43 bits per heavy atom. The summed E-state index contributed by atoms with van der Waals surface area (Å²) in [6, 6.07) is 7.51. The number of nitrogens with one attached hydrogen (secondary N) is 1. The first kappa shape index (κ1) is 10.2. The molecule has 0 aliphatic rings. The number of carboxylic acids is 1. The van der Waals surface area contributed by atoms with Crippen LogP contribution in [0, 0.1) is 6.92 Å². The molecule has 1 aromatic carbocycles. The van der Waals surface area contributed by atoms with Crippen molar-refractivity contribution in [1.82, 2.24) is 5.32 Å². The molecule has 1 rings (SSSR count). The number of carbonyl (C=O) groups is 2. The molecule has 1 amide bonds. The van der Waals surface area contributed by atoms with E-state index < -0.39 is 11.9 Å². The number of aliphatic carboxylic acids is 1. The van der Waals surface area contributed by atoms with Crippen LogP contribution in [0.2, 0.25) is 0 Å². The SMILES string of the molecule is Cc1cccc(CNC(=O)C(=O)O)c1. The maximum absolute atomic E-state index is 10.7. The molecule has 0 aliphatic heterocycles. The predicted molar refractivity (Wildman–Crippen MR) is 50.7 cm³/mol. The number of rotatable bonds is 2. The van der Waals surface area contributed by atoms with Gasteiger partial charge in [-0.3, -0.25) is 4.79 Å². The monoisotopic (exact) mass is 193 g/mol. The van der Waals surface area contributed by atoms with E-state index >= 15 is 0 Å². The molecule has 0 aliphatic carbocycles. The number of carbonyl (C=O) groups excluding carboxylic acids is 1. The van der Waals surface area contributed by atoms with Crippen molar-refractivity contribution in [1.29, 1.82) is 0 Å². The second-order valence-corrected chi connectivity index (χ2v) is 2.98. The average Bonchev–Trinajstić information content (AvgIpc) is 2.14. The molecule has 0 saturated heterocycles. The van der Waals surface area contributed by atoms with Crippen molar-refractivity contribution in [3.8, 4) is 0 Å². The highest BCUT2D eigenvalue weighted by Gasteiger charge is 2.09. The van der Waals surface area contributed by atoms with Crippen molar-refractivity contribution in [2.45, 2.75) is 13.5 Å². The highest BCUT2D eigenvalue weighted by molar-refractivity contribution is 6.31. The van der Waals surface area contributed by atoms with Crippen LogP contribution in [0.25, 0.3) is 0 Å². The van der Waals surface area contributed by atoms with Gasteiger partial charge in [0.2, 0.25) is 0 Å². The van der Waals surface area contributed by atoms with E-state index in [2.05, 4.69) is 5.32 Å². The van der Waals surface area contributed by atoms with E-state index in [0.29, 0.717) is 0 Å². The zero-order valence-electron chi connectivity index (χ0n) is 7.78. The van der Waals surface area contributed by atoms with Crippen LogP contribution < -0.4 is 5.32 Å². The Balaban J connectivity index is 2.54. The van der Waals surface area contributed by atoms with E-state index in [0.717, 1.165) is 11.1 Å². The quantitative estimate of drug-likeness (QED) is 0.679. The van der Waals surface area contributed by atoms with Gasteiger partial charge in [0.1, 0.15) is 0 Å². The molecule has 0 radical (unpaired) electrons. The Morgan fingerprint density at radius 3 is 2.71 bits per heavy atom. The van der Waals surface area contributed by atoms with Crippen LogP contribution in [-0.4, -0.2) is 17.0 Å². The van der Waals surface area contributed by atoms with Gasteiger partial charge in [0, 0.05) is 6.54 Å². The minimum atomic E-state index is -1.46. The minimum absolute atomic E-state index is 0.243. The number of carboxylic acid groups (broad SMARTS) is 1. The molecular formula is C10H11NO3. The summed E-state index contributed by atoms with van der Waals surface area (Å²) in [4.78, 5) is 20.9. The summed E-state index contributed by atoms with van der Waals surface area (Å²) in [5.74, 6) is -2.44. The summed E-state index contributed by atoms with van der Waals surface area (Å²) in [6.45, 7) is 2.18. The lowest BCUT2D eigenvalue weighted by Crippen LogP contribution is -2.30. The number of amides is 1. The largest absolute Gasteiger partial charge is 0.474 e. The highest BCUT2D eigenvalue weighted by atomic mass is 16.4. The third-order valence-electron chi connectivity index (χ3n) is 1.73. The molecule has 0 fully saturated rings. The molecule has 1 aromatic rings. The summed E-state index contributed by atoms with van der Waals surface area (Å²) < 4.78 is 0. The second kappa shape index (κ2) is 4.41. The van der Waals surface area contributed by atoms with Crippen molar-refractivity contribution < 1.29 is 14.7 Å². The molecule has 0 atom stereocenters. The van der Waals surface area contributed by atoms with Gasteiger partial charge in [-0.2, -0.15) is 0 Å². The fourth-order valence-corrected chi connectivity index (χ4v) is 1.08. The van der Waals surface area contributed by atoms with E-state index in [9.17, 15) is 9.59 Å². The van der Waals surface area contributed by atoms with Crippen molar-refractivity contribution in [3.63, 3.8) is 0 Å². The van der Waals surface area contributed by atoms with Gasteiger partial charge in [0.25, 0.3) is 0 Å². The van der Waals surface area contributed by atoms with Gasteiger partial charge in [-0.1, -0.05) is 29.8 Å². The molecule has 0 bridgehead atoms. The third kappa shape index (κ3) is 2.90. The molecule has 0 unspecified atom stereocenters. The van der Waals surface area contributed by atoms with Gasteiger partial charge in [-0.15, -0.1) is 0 Å². The molecule has 14 heavy (non-hydrogen) atoms. The Hall–Kier alpha value is -1.84. The van der Waals surface area contributed by atoms with E-state index in [1.165, 1.54) is 0 Å². The molecule has 4 nitrogen and oxygen atoms in total. The number of aryl methyl sites for hydroxylation is 1. The Kier molecular flexibility index (Phi) is 3.23. The zero-order chi connectivity index (χ0) is 10.6. The molecule has 4 heteroatoms. The maximum Gasteiger partial charge on any atom is 0.394 e. The van der Waals surface area contributed by atoms with Crippen LogP contribution in [0.15, 0.2) is 24.3 Å². The molecule has 0 heterocycles. The molecule has 0 aromatic heterocycles. The van der Waals surface area contributed by atoms with E-state index in [1.54, 1.807) is 0 Å². The van der Waals surface area contributed by atoms with Crippen molar-refractivity contribution >= 4 is 11.9 Å². The summed E-state index contributed by atoms with van der Waals surface area (Å²) >= 11 is 0. The topological polar surface area (TPSA) is 66.4 Å². The van der Waals surface area contributed by atoms with Gasteiger partial charge in [-0.05, 0) is 12.5 Å². The van der Waals surface area contributed by atoms with Crippen LogP contribution in [0.5, 0.6) is 0 Å². The maximum atomic E-state index is 10.7. The molecule has 74 valence electrons. The van der Waals surface area contributed by atoms with Gasteiger partial charge in [0.05, 0.1) is 0 Å².